The average molecular weight is 208 g/mol. The number of nitrogens with zero attached hydrogens (tertiary/aromatic N) is 1. The Morgan fingerprint density at radius 1 is 1.43 bits per heavy atom. The molecular weight excluding hydrogens is 202 g/mol. The third-order valence-corrected chi connectivity index (χ3v) is 1.78. The van der Waals surface area contributed by atoms with Crippen LogP contribution < -0.4 is 0 Å². The summed E-state index contributed by atoms with van der Waals surface area (Å²) < 4.78 is 0. The van der Waals surface area contributed by atoms with Gasteiger partial charge in [-0.3, -0.25) is 0 Å². The van der Waals surface area contributed by atoms with Crippen LogP contribution in [-0.4, -0.2) is 11.1 Å². The van der Waals surface area contributed by atoms with Crippen molar-refractivity contribution in [3.05, 3.63) is 40.4 Å². The molecule has 0 atom stereocenters. The van der Waals surface area contributed by atoms with Crippen LogP contribution in [0.2, 0.25) is 5.02 Å². The smallest absolute Gasteiger partial charge is 0.346 e. The molecular formula is C10H6ClNO2. The zero-order chi connectivity index (χ0) is 10.6. The lowest BCUT2D eigenvalue weighted by Gasteiger charge is -1.94. The van der Waals surface area contributed by atoms with Crippen molar-refractivity contribution in [1.29, 1.82) is 5.26 Å². The van der Waals surface area contributed by atoms with E-state index in [1.165, 1.54) is 6.08 Å². The summed E-state index contributed by atoms with van der Waals surface area (Å²) >= 11 is 5.64. The van der Waals surface area contributed by atoms with Crippen LogP contribution in [0.4, 0.5) is 0 Å². The Labute approximate surface area is 85.9 Å². The van der Waals surface area contributed by atoms with Gasteiger partial charge in [-0.05, 0) is 23.8 Å². The van der Waals surface area contributed by atoms with Crippen LogP contribution in [0.15, 0.2) is 29.8 Å². The van der Waals surface area contributed by atoms with Crippen LogP contribution in [-0.2, 0) is 4.79 Å². The van der Waals surface area contributed by atoms with Gasteiger partial charge in [0.25, 0.3) is 0 Å². The van der Waals surface area contributed by atoms with Crippen molar-refractivity contribution < 1.29 is 9.90 Å². The average Bonchev–Trinajstić information content (AvgIpc) is 2.16. The molecule has 1 N–H and O–H groups in total. The minimum Gasteiger partial charge on any atom is -0.477 e. The number of benzene rings is 1. The summed E-state index contributed by atoms with van der Waals surface area (Å²) in [5.74, 6) is -1.23. The van der Waals surface area contributed by atoms with Crippen molar-refractivity contribution >= 4 is 23.6 Å². The Balaban J connectivity index is 3.03. The lowest BCUT2D eigenvalue weighted by Crippen LogP contribution is -1.97. The molecule has 3 nitrogen and oxygen atoms in total. The Kier molecular flexibility index (Phi) is 3.27. The molecule has 0 unspecified atom stereocenters. The minimum atomic E-state index is -1.23. The molecule has 0 bridgehead atoms. The second kappa shape index (κ2) is 4.45. The summed E-state index contributed by atoms with van der Waals surface area (Å²) in [5, 5.41) is 17.6. The highest BCUT2D eigenvalue weighted by atomic mass is 35.5. The van der Waals surface area contributed by atoms with Crippen molar-refractivity contribution in [2.24, 2.45) is 0 Å². The van der Waals surface area contributed by atoms with E-state index in [0.717, 1.165) is 0 Å². The predicted molar refractivity (Wildman–Crippen MR) is 52.7 cm³/mol. The Morgan fingerprint density at radius 3 is 2.43 bits per heavy atom. The van der Waals surface area contributed by atoms with Crippen molar-refractivity contribution in [2.45, 2.75) is 0 Å². The van der Waals surface area contributed by atoms with Gasteiger partial charge in [0.05, 0.1) is 0 Å². The monoisotopic (exact) mass is 207 g/mol. The van der Waals surface area contributed by atoms with Gasteiger partial charge in [0, 0.05) is 5.02 Å². The molecule has 0 radical (unpaired) electrons. The fourth-order valence-corrected chi connectivity index (χ4v) is 0.993. The van der Waals surface area contributed by atoms with E-state index in [1.807, 2.05) is 0 Å². The first-order valence-electron chi connectivity index (χ1n) is 3.74. The fraction of sp³-hybridized carbons (Fsp3) is 0. The lowest BCUT2D eigenvalue weighted by atomic mass is 10.1. The van der Waals surface area contributed by atoms with E-state index in [1.54, 1.807) is 30.3 Å². The number of aliphatic carboxylic acids is 1. The van der Waals surface area contributed by atoms with E-state index in [2.05, 4.69) is 0 Å². The standard InChI is InChI=1S/C10H6ClNO2/c11-9-3-1-7(2-4-9)5-8(6-12)10(13)14/h1-5H,(H,13,14)/b8-5+. The lowest BCUT2D eigenvalue weighted by molar-refractivity contribution is -0.132. The summed E-state index contributed by atoms with van der Waals surface area (Å²) in [4.78, 5) is 10.5. The highest BCUT2D eigenvalue weighted by Gasteiger charge is 2.04. The number of nitriles is 1. The van der Waals surface area contributed by atoms with Crippen molar-refractivity contribution in [2.75, 3.05) is 0 Å². The molecule has 0 amide bonds. The Hall–Kier alpha value is -1.79. The van der Waals surface area contributed by atoms with Crippen molar-refractivity contribution in [1.82, 2.24) is 0 Å². The fourth-order valence-electron chi connectivity index (χ4n) is 0.868. The first-order chi connectivity index (χ1) is 6.63. The maximum atomic E-state index is 10.5. The van der Waals surface area contributed by atoms with Crippen LogP contribution in [0.25, 0.3) is 6.08 Å². The topological polar surface area (TPSA) is 61.1 Å². The highest BCUT2D eigenvalue weighted by molar-refractivity contribution is 6.30. The third-order valence-electron chi connectivity index (χ3n) is 1.53. The van der Waals surface area contributed by atoms with Gasteiger partial charge < -0.3 is 5.11 Å². The van der Waals surface area contributed by atoms with E-state index in [9.17, 15) is 4.79 Å². The molecule has 0 aliphatic carbocycles. The summed E-state index contributed by atoms with van der Waals surface area (Å²) in [6, 6.07) is 8.13. The van der Waals surface area contributed by atoms with E-state index in [-0.39, 0.29) is 5.57 Å². The van der Waals surface area contributed by atoms with Crippen LogP contribution >= 0.6 is 11.6 Å². The highest BCUT2D eigenvalue weighted by Crippen LogP contribution is 2.12. The summed E-state index contributed by atoms with van der Waals surface area (Å²) in [6.07, 6.45) is 1.29. The van der Waals surface area contributed by atoms with E-state index < -0.39 is 5.97 Å². The van der Waals surface area contributed by atoms with Crippen LogP contribution in [0.1, 0.15) is 5.56 Å². The zero-order valence-electron chi connectivity index (χ0n) is 7.07. The normalized spacial score (nSPS) is 10.7. The Morgan fingerprint density at radius 2 is 2.00 bits per heavy atom. The van der Waals surface area contributed by atoms with Gasteiger partial charge >= 0.3 is 5.97 Å². The zero-order valence-corrected chi connectivity index (χ0v) is 7.82. The molecule has 1 aromatic carbocycles. The molecule has 0 aliphatic heterocycles. The van der Waals surface area contributed by atoms with Gasteiger partial charge in [0.2, 0.25) is 0 Å². The number of hydrogen-bond acceptors (Lipinski definition) is 2. The number of carbonyl (C=O) groups is 1. The molecule has 70 valence electrons. The van der Waals surface area contributed by atoms with Crippen LogP contribution in [0, 0.1) is 11.3 Å². The second-order valence-corrected chi connectivity index (χ2v) is 2.96. The molecule has 0 spiro atoms. The molecule has 1 rings (SSSR count). The second-order valence-electron chi connectivity index (χ2n) is 2.53. The molecule has 4 heteroatoms. The molecule has 1 aromatic rings. The van der Waals surface area contributed by atoms with Crippen LogP contribution in [0.5, 0.6) is 0 Å². The van der Waals surface area contributed by atoms with E-state index in [0.29, 0.717) is 10.6 Å². The summed E-state index contributed by atoms with van der Waals surface area (Å²) in [5.41, 5.74) is 0.334. The first kappa shape index (κ1) is 10.3. The molecule has 0 aliphatic rings. The largest absolute Gasteiger partial charge is 0.477 e. The van der Waals surface area contributed by atoms with Crippen molar-refractivity contribution in [3.8, 4) is 6.07 Å². The number of carboxylic acids is 1. The molecule has 0 fully saturated rings. The van der Waals surface area contributed by atoms with E-state index in [4.69, 9.17) is 22.0 Å². The minimum absolute atomic E-state index is 0.299. The quantitative estimate of drug-likeness (QED) is 0.598. The summed E-state index contributed by atoms with van der Waals surface area (Å²) in [6.45, 7) is 0. The number of hydrogen-bond donors (Lipinski definition) is 1. The Bertz CT molecular complexity index is 415. The molecule has 0 saturated carbocycles. The number of rotatable bonds is 2. The molecule has 14 heavy (non-hydrogen) atoms. The summed E-state index contributed by atoms with van der Waals surface area (Å²) in [7, 11) is 0. The van der Waals surface area contributed by atoms with Crippen LogP contribution in [0.3, 0.4) is 0 Å². The van der Waals surface area contributed by atoms with Gasteiger partial charge in [-0.1, -0.05) is 23.7 Å². The third kappa shape index (κ3) is 2.61. The molecule has 0 aromatic heterocycles. The van der Waals surface area contributed by atoms with E-state index >= 15 is 0 Å². The molecule has 0 saturated heterocycles. The van der Waals surface area contributed by atoms with Gasteiger partial charge in [-0.15, -0.1) is 0 Å². The van der Waals surface area contributed by atoms with Gasteiger partial charge in [-0.2, -0.15) is 5.26 Å². The predicted octanol–water partition coefficient (Wildman–Crippen LogP) is 2.33. The van der Waals surface area contributed by atoms with Gasteiger partial charge in [0.1, 0.15) is 11.6 Å². The maximum absolute atomic E-state index is 10.5. The number of carboxylic acid groups (broad SMARTS) is 1. The first-order valence-corrected chi connectivity index (χ1v) is 4.12. The number of halogens is 1. The van der Waals surface area contributed by atoms with Crippen molar-refractivity contribution in [3.63, 3.8) is 0 Å². The van der Waals surface area contributed by atoms with Gasteiger partial charge in [0.15, 0.2) is 0 Å². The van der Waals surface area contributed by atoms with Gasteiger partial charge in [-0.25, -0.2) is 4.79 Å². The molecule has 0 heterocycles. The SMILES string of the molecule is N#C/C(=C\c1ccc(Cl)cc1)C(=O)O. The maximum Gasteiger partial charge on any atom is 0.346 e.